The maximum absolute atomic E-state index is 12.9. The van der Waals surface area contributed by atoms with Crippen molar-refractivity contribution in [2.24, 2.45) is 5.92 Å². The number of likely N-dealkylation sites (N-methyl/N-ethyl adjacent to an activating group) is 1. The highest BCUT2D eigenvalue weighted by Gasteiger charge is 2.43. The van der Waals surface area contributed by atoms with Gasteiger partial charge in [-0.05, 0) is 44.6 Å². The topological polar surface area (TPSA) is 70.1 Å². The number of carbonyl (C=O) groups is 2. The first-order valence-corrected chi connectivity index (χ1v) is 9.41. The Balaban J connectivity index is 2.47. The van der Waals surface area contributed by atoms with Crippen LogP contribution in [0.3, 0.4) is 0 Å². The lowest BCUT2D eigenvalue weighted by atomic mass is 9.92. The molecule has 1 aliphatic rings. The number of amides is 1. The van der Waals surface area contributed by atoms with E-state index in [9.17, 15) is 14.7 Å². The Morgan fingerprint density at radius 3 is 2.63 bits per heavy atom. The fourth-order valence-electron chi connectivity index (χ4n) is 3.25. The van der Waals surface area contributed by atoms with Crippen LogP contribution in [0.4, 0.5) is 0 Å². The minimum absolute atomic E-state index is 0.138. The fraction of sp³-hybridized carbons (Fsp3) is 0.524. The first-order chi connectivity index (χ1) is 12.8. The average Bonchev–Trinajstić information content (AvgIpc) is 2.84. The lowest BCUT2D eigenvalue weighted by Gasteiger charge is -2.28. The van der Waals surface area contributed by atoms with E-state index in [1.54, 1.807) is 4.90 Å². The third-order valence-corrected chi connectivity index (χ3v) is 4.47. The van der Waals surface area contributed by atoms with Gasteiger partial charge in [0, 0.05) is 19.5 Å². The van der Waals surface area contributed by atoms with Gasteiger partial charge in [0.2, 0.25) is 0 Å². The summed E-state index contributed by atoms with van der Waals surface area (Å²) in [6.45, 7) is 7.36. The molecule has 1 unspecified atom stereocenters. The van der Waals surface area contributed by atoms with Gasteiger partial charge < -0.3 is 19.6 Å². The molecule has 0 radical (unpaired) electrons. The molecule has 1 amide bonds. The summed E-state index contributed by atoms with van der Waals surface area (Å²) in [6.07, 6.45) is 0.288. The van der Waals surface area contributed by atoms with Gasteiger partial charge in [-0.1, -0.05) is 26.0 Å². The van der Waals surface area contributed by atoms with E-state index in [-0.39, 0.29) is 23.7 Å². The Morgan fingerprint density at radius 1 is 1.33 bits per heavy atom. The summed E-state index contributed by atoms with van der Waals surface area (Å²) in [4.78, 5) is 29.1. The van der Waals surface area contributed by atoms with Crippen molar-refractivity contribution in [3.63, 3.8) is 0 Å². The van der Waals surface area contributed by atoms with E-state index in [1.807, 2.05) is 64.0 Å². The number of rotatable bonds is 9. The molecule has 0 saturated heterocycles. The van der Waals surface area contributed by atoms with Crippen molar-refractivity contribution in [2.75, 3.05) is 33.8 Å². The second-order valence-corrected chi connectivity index (χ2v) is 7.49. The van der Waals surface area contributed by atoms with E-state index < -0.39 is 17.7 Å². The zero-order valence-electron chi connectivity index (χ0n) is 16.9. The van der Waals surface area contributed by atoms with E-state index in [4.69, 9.17) is 4.74 Å². The number of hydrogen-bond donors (Lipinski definition) is 1. The number of ether oxygens (including phenoxy) is 1. The molecule has 1 aromatic rings. The number of hydrogen-bond acceptors (Lipinski definition) is 5. The highest BCUT2D eigenvalue weighted by Crippen LogP contribution is 2.39. The van der Waals surface area contributed by atoms with Gasteiger partial charge >= 0.3 is 0 Å². The number of benzene rings is 1. The van der Waals surface area contributed by atoms with Crippen molar-refractivity contribution in [1.82, 2.24) is 9.80 Å². The van der Waals surface area contributed by atoms with Crippen LogP contribution >= 0.6 is 0 Å². The van der Waals surface area contributed by atoms with Crippen molar-refractivity contribution in [1.29, 1.82) is 0 Å². The molecule has 6 heteroatoms. The molecule has 148 valence electrons. The summed E-state index contributed by atoms with van der Waals surface area (Å²) < 4.78 is 5.58. The van der Waals surface area contributed by atoms with Gasteiger partial charge in [-0.15, -0.1) is 0 Å². The lowest BCUT2D eigenvalue weighted by Crippen LogP contribution is -2.36. The smallest absolute Gasteiger partial charge is 0.290 e. The zero-order valence-corrected chi connectivity index (χ0v) is 16.9. The monoisotopic (exact) mass is 374 g/mol. The SMILES string of the molecule is CCOc1cccc(C2C(C(=O)CC(C)C)=C(O)C(=O)N2CCN(C)C)c1. The number of Topliss-reactive ketones (excluding diaryl/α,β-unsaturated/α-hetero) is 1. The minimum Gasteiger partial charge on any atom is -0.503 e. The molecule has 0 bridgehead atoms. The molecule has 1 N–H and O–H groups in total. The number of aliphatic hydroxyl groups is 1. The largest absolute Gasteiger partial charge is 0.503 e. The number of carbonyl (C=O) groups excluding carboxylic acids is 2. The molecular formula is C21H30N2O4. The van der Waals surface area contributed by atoms with Gasteiger partial charge in [0.25, 0.3) is 5.91 Å². The average molecular weight is 374 g/mol. The summed E-state index contributed by atoms with van der Waals surface area (Å²) in [5.41, 5.74) is 0.963. The predicted molar refractivity (Wildman–Crippen MR) is 105 cm³/mol. The van der Waals surface area contributed by atoms with Crippen molar-refractivity contribution < 1.29 is 19.4 Å². The quantitative estimate of drug-likeness (QED) is 0.720. The highest BCUT2D eigenvalue weighted by molar-refractivity contribution is 6.09. The van der Waals surface area contributed by atoms with Crippen LogP contribution < -0.4 is 4.74 Å². The lowest BCUT2D eigenvalue weighted by molar-refractivity contribution is -0.129. The molecule has 0 aliphatic carbocycles. The Kier molecular flexibility index (Phi) is 7.02. The Bertz CT molecular complexity index is 725. The molecule has 1 heterocycles. The first-order valence-electron chi connectivity index (χ1n) is 9.41. The number of nitrogens with zero attached hydrogens (tertiary/aromatic N) is 2. The Morgan fingerprint density at radius 2 is 2.04 bits per heavy atom. The van der Waals surface area contributed by atoms with Crippen LogP contribution in [0.1, 0.15) is 38.8 Å². The molecule has 0 spiro atoms. The second-order valence-electron chi connectivity index (χ2n) is 7.49. The van der Waals surface area contributed by atoms with Crippen LogP contribution in [-0.2, 0) is 9.59 Å². The molecule has 2 rings (SSSR count). The fourth-order valence-corrected chi connectivity index (χ4v) is 3.25. The van der Waals surface area contributed by atoms with Crippen molar-refractivity contribution in [3.05, 3.63) is 41.2 Å². The van der Waals surface area contributed by atoms with Crippen molar-refractivity contribution in [3.8, 4) is 5.75 Å². The van der Waals surface area contributed by atoms with Crippen LogP contribution in [0.5, 0.6) is 5.75 Å². The molecule has 0 saturated carbocycles. The van der Waals surface area contributed by atoms with Crippen molar-refractivity contribution in [2.45, 2.75) is 33.2 Å². The van der Waals surface area contributed by atoms with E-state index in [1.165, 1.54) is 0 Å². The molecule has 1 aliphatic heterocycles. The van der Waals surface area contributed by atoms with Crippen LogP contribution in [0.25, 0.3) is 0 Å². The first kappa shape index (κ1) is 21.0. The van der Waals surface area contributed by atoms with Crippen LogP contribution in [0.2, 0.25) is 0 Å². The highest BCUT2D eigenvalue weighted by atomic mass is 16.5. The van der Waals surface area contributed by atoms with E-state index in [0.29, 0.717) is 25.4 Å². The molecule has 0 fully saturated rings. The summed E-state index contributed by atoms with van der Waals surface area (Å²) in [7, 11) is 3.84. The number of ketones is 1. The van der Waals surface area contributed by atoms with Gasteiger partial charge in [-0.3, -0.25) is 9.59 Å². The molecule has 1 aromatic carbocycles. The van der Waals surface area contributed by atoms with Crippen LogP contribution in [-0.4, -0.2) is 60.4 Å². The second kappa shape index (κ2) is 9.04. The van der Waals surface area contributed by atoms with Gasteiger partial charge in [-0.25, -0.2) is 0 Å². The van der Waals surface area contributed by atoms with Crippen molar-refractivity contribution >= 4 is 11.7 Å². The summed E-state index contributed by atoms with van der Waals surface area (Å²) >= 11 is 0. The van der Waals surface area contributed by atoms with Gasteiger partial charge in [0.05, 0.1) is 18.2 Å². The van der Waals surface area contributed by atoms with Gasteiger partial charge in [0.15, 0.2) is 11.5 Å². The van der Waals surface area contributed by atoms with Gasteiger partial charge in [0.1, 0.15) is 5.75 Å². The zero-order chi connectivity index (χ0) is 20.1. The third-order valence-electron chi connectivity index (χ3n) is 4.47. The van der Waals surface area contributed by atoms with E-state index >= 15 is 0 Å². The van der Waals surface area contributed by atoms with E-state index in [2.05, 4.69) is 0 Å². The number of aliphatic hydroxyl groups excluding tert-OH is 1. The van der Waals surface area contributed by atoms with E-state index in [0.717, 1.165) is 5.56 Å². The van der Waals surface area contributed by atoms with Gasteiger partial charge in [-0.2, -0.15) is 0 Å². The third kappa shape index (κ3) is 4.89. The molecular weight excluding hydrogens is 344 g/mol. The Hall–Kier alpha value is -2.34. The minimum atomic E-state index is -0.593. The maximum atomic E-state index is 12.9. The predicted octanol–water partition coefficient (Wildman–Crippen LogP) is 2.96. The molecule has 0 aromatic heterocycles. The van der Waals surface area contributed by atoms with Crippen LogP contribution in [0.15, 0.2) is 35.6 Å². The molecule has 1 atom stereocenters. The summed E-state index contributed by atoms with van der Waals surface area (Å²) in [6, 6.07) is 6.79. The summed E-state index contributed by atoms with van der Waals surface area (Å²) in [5.74, 6) is -0.284. The standard InChI is InChI=1S/C21H30N2O4/c1-6-27-16-9-7-8-15(13-16)19-18(17(24)12-14(2)3)20(25)21(26)23(19)11-10-22(4)5/h7-9,13-14,19,25H,6,10-12H2,1-5H3. The molecule has 6 nitrogen and oxygen atoms in total. The van der Waals surface area contributed by atoms with Crippen LogP contribution in [0, 0.1) is 5.92 Å². The Labute approximate surface area is 161 Å². The maximum Gasteiger partial charge on any atom is 0.290 e. The molecule has 27 heavy (non-hydrogen) atoms. The normalized spacial score (nSPS) is 17.4. The summed E-state index contributed by atoms with van der Waals surface area (Å²) in [5, 5.41) is 10.5.